The average Bonchev–Trinajstić information content (AvgIpc) is 2.09. The lowest BCUT2D eigenvalue weighted by Gasteiger charge is -2.23. The molecule has 1 aromatic rings. The van der Waals surface area contributed by atoms with Crippen molar-refractivity contribution in [1.82, 2.24) is 0 Å². The standard InChI is InChI=1S/C9H13FN2O/c1-9(12,5-13)7-4-6(11)2-3-8(7)10/h2-4,13H,5,11-12H2,1H3. The molecule has 4 heteroatoms. The minimum absolute atomic E-state index is 0.231. The van der Waals surface area contributed by atoms with Gasteiger partial charge in [0.1, 0.15) is 5.82 Å². The van der Waals surface area contributed by atoms with Crippen molar-refractivity contribution in [3.8, 4) is 0 Å². The quantitative estimate of drug-likeness (QED) is 0.588. The van der Waals surface area contributed by atoms with Crippen LogP contribution in [-0.2, 0) is 5.54 Å². The van der Waals surface area contributed by atoms with Gasteiger partial charge in [-0.05, 0) is 25.1 Å². The Morgan fingerprint density at radius 1 is 1.54 bits per heavy atom. The van der Waals surface area contributed by atoms with E-state index in [-0.39, 0.29) is 12.2 Å². The van der Waals surface area contributed by atoms with Crippen molar-refractivity contribution in [1.29, 1.82) is 0 Å². The molecule has 3 nitrogen and oxygen atoms in total. The Morgan fingerprint density at radius 3 is 2.69 bits per heavy atom. The van der Waals surface area contributed by atoms with Crippen LogP contribution in [0.3, 0.4) is 0 Å². The van der Waals surface area contributed by atoms with Crippen LogP contribution in [0.4, 0.5) is 10.1 Å². The molecule has 0 spiro atoms. The van der Waals surface area contributed by atoms with Crippen LogP contribution < -0.4 is 11.5 Å². The van der Waals surface area contributed by atoms with E-state index in [1.807, 2.05) is 0 Å². The molecule has 1 atom stereocenters. The molecule has 13 heavy (non-hydrogen) atoms. The molecule has 0 aromatic heterocycles. The molecule has 0 aliphatic heterocycles. The molecule has 0 saturated carbocycles. The third kappa shape index (κ3) is 1.96. The highest BCUT2D eigenvalue weighted by atomic mass is 19.1. The number of halogens is 1. The van der Waals surface area contributed by atoms with Crippen molar-refractivity contribution in [2.45, 2.75) is 12.5 Å². The summed E-state index contributed by atoms with van der Waals surface area (Å²) in [5.41, 5.74) is 10.7. The van der Waals surface area contributed by atoms with E-state index in [4.69, 9.17) is 16.6 Å². The summed E-state index contributed by atoms with van der Waals surface area (Å²) >= 11 is 0. The number of rotatable bonds is 2. The van der Waals surface area contributed by atoms with Crippen LogP contribution in [0.15, 0.2) is 18.2 Å². The zero-order valence-electron chi connectivity index (χ0n) is 7.42. The molecule has 0 saturated heterocycles. The molecule has 0 amide bonds. The molecule has 0 aliphatic carbocycles. The molecule has 0 radical (unpaired) electrons. The molecule has 1 rings (SSSR count). The van der Waals surface area contributed by atoms with E-state index in [2.05, 4.69) is 0 Å². The number of hydrogen-bond acceptors (Lipinski definition) is 3. The summed E-state index contributed by atoms with van der Waals surface area (Å²) in [5.74, 6) is -0.451. The molecular weight excluding hydrogens is 171 g/mol. The lowest BCUT2D eigenvalue weighted by molar-refractivity contribution is 0.206. The fourth-order valence-electron chi connectivity index (χ4n) is 1.07. The highest BCUT2D eigenvalue weighted by molar-refractivity contribution is 5.43. The van der Waals surface area contributed by atoms with E-state index in [9.17, 15) is 4.39 Å². The smallest absolute Gasteiger partial charge is 0.128 e. The Morgan fingerprint density at radius 2 is 2.15 bits per heavy atom. The largest absolute Gasteiger partial charge is 0.399 e. The lowest BCUT2D eigenvalue weighted by atomic mass is 9.93. The van der Waals surface area contributed by atoms with E-state index in [0.29, 0.717) is 5.69 Å². The van der Waals surface area contributed by atoms with E-state index >= 15 is 0 Å². The highest BCUT2D eigenvalue weighted by Gasteiger charge is 2.23. The minimum Gasteiger partial charge on any atom is -0.399 e. The van der Waals surface area contributed by atoms with Crippen molar-refractivity contribution in [2.24, 2.45) is 5.73 Å². The summed E-state index contributed by atoms with van der Waals surface area (Å²) in [6.07, 6.45) is 0. The summed E-state index contributed by atoms with van der Waals surface area (Å²) < 4.78 is 13.2. The third-order valence-corrected chi connectivity index (χ3v) is 1.93. The van der Waals surface area contributed by atoms with E-state index in [1.165, 1.54) is 18.2 Å². The lowest BCUT2D eigenvalue weighted by Crippen LogP contribution is -2.37. The predicted molar refractivity (Wildman–Crippen MR) is 49.4 cm³/mol. The zero-order valence-corrected chi connectivity index (χ0v) is 7.42. The van der Waals surface area contributed by atoms with Crippen LogP contribution >= 0.6 is 0 Å². The highest BCUT2D eigenvalue weighted by Crippen LogP contribution is 2.22. The van der Waals surface area contributed by atoms with Gasteiger partial charge in [0.25, 0.3) is 0 Å². The SMILES string of the molecule is CC(N)(CO)c1cc(N)ccc1F. The molecule has 5 N–H and O–H groups in total. The van der Waals surface area contributed by atoms with Crippen molar-refractivity contribution in [2.75, 3.05) is 12.3 Å². The first kappa shape index (κ1) is 9.95. The van der Waals surface area contributed by atoms with E-state index < -0.39 is 11.4 Å². The van der Waals surface area contributed by atoms with Gasteiger partial charge in [-0.25, -0.2) is 4.39 Å². The molecular formula is C9H13FN2O. The van der Waals surface area contributed by atoms with E-state index in [0.717, 1.165) is 0 Å². The molecule has 0 fully saturated rings. The fourth-order valence-corrected chi connectivity index (χ4v) is 1.07. The van der Waals surface area contributed by atoms with Gasteiger partial charge in [0.05, 0.1) is 12.1 Å². The van der Waals surface area contributed by atoms with Crippen LogP contribution in [0.1, 0.15) is 12.5 Å². The second kappa shape index (κ2) is 3.32. The maximum atomic E-state index is 13.2. The van der Waals surface area contributed by atoms with Crippen molar-refractivity contribution >= 4 is 5.69 Å². The normalized spacial score (nSPS) is 15.4. The number of anilines is 1. The van der Waals surface area contributed by atoms with Crippen LogP contribution in [0.5, 0.6) is 0 Å². The number of nitrogens with two attached hydrogens (primary N) is 2. The number of aliphatic hydroxyl groups excluding tert-OH is 1. The Kier molecular flexibility index (Phi) is 2.54. The van der Waals surface area contributed by atoms with Crippen LogP contribution in [0.25, 0.3) is 0 Å². The second-order valence-electron chi connectivity index (χ2n) is 3.31. The Bertz CT molecular complexity index is 312. The van der Waals surface area contributed by atoms with Gasteiger partial charge in [0.2, 0.25) is 0 Å². The van der Waals surface area contributed by atoms with Gasteiger partial charge in [0.15, 0.2) is 0 Å². The Balaban J connectivity index is 3.20. The maximum absolute atomic E-state index is 13.2. The average molecular weight is 184 g/mol. The topological polar surface area (TPSA) is 72.3 Å². The first-order valence-electron chi connectivity index (χ1n) is 3.92. The van der Waals surface area contributed by atoms with Crippen molar-refractivity contribution in [3.05, 3.63) is 29.6 Å². The Hall–Kier alpha value is -1.13. The molecule has 0 aliphatic rings. The van der Waals surface area contributed by atoms with Crippen molar-refractivity contribution in [3.63, 3.8) is 0 Å². The fraction of sp³-hybridized carbons (Fsp3) is 0.333. The number of hydrogen-bond donors (Lipinski definition) is 3. The first-order chi connectivity index (χ1) is 5.97. The van der Waals surface area contributed by atoms with Gasteiger partial charge in [-0.15, -0.1) is 0 Å². The van der Waals surface area contributed by atoms with Gasteiger partial charge in [0, 0.05) is 11.3 Å². The van der Waals surface area contributed by atoms with Gasteiger partial charge >= 0.3 is 0 Å². The monoisotopic (exact) mass is 184 g/mol. The van der Waals surface area contributed by atoms with Gasteiger partial charge in [-0.2, -0.15) is 0 Å². The minimum atomic E-state index is -1.08. The summed E-state index contributed by atoms with van der Waals surface area (Å²) in [6, 6.07) is 4.13. The van der Waals surface area contributed by atoms with E-state index in [1.54, 1.807) is 6.92 Å². The Labute approximate surface area is 76.2 Å². The van der Waals surface area contributed by atoms with Crippen LogP contribution in [0.2, 0.25) is 0 Å². The van der Waals surface area contributed by atoms with Gasteiger partial charge in [-0.3, -0.25) is 0 Å². The molecule has 0 bridgehead atoms. The third-order valence-electron chi connectivity index (χ3n) is 1.93. The van der Waals surface area contributed by atoms with Crippen LogP contribution in [0, 0.1) is 5.82 Å². The number of nitrogen functional groups attached to an aromatic ring is 1. The zero-order chi connectivity index (χ0) is 10.1. The first-order valence-corrected chi connectivity index (χ1v) is 3.92. The second-order valence-corrected chi connectivity index (χ2v) is 3.31. The summed E-state index contributed by atoms with van der Waals surface area (Å²) in [4.78, 5) is 0. The summed E-state index contributed by atoms with van der Waals surface area (Å²) in [7, 11) is 0. The van der Waals surface area contributed by atoms with Gasteiger partial charge < -0.3 is 16.6 Å². The summed E-state index contributed by atoms with van der Waals surface area (Å²) in [5, 5.41) is 8.93. The number of aliphatic hydroxyl groups is 1. The number of benzene rings is 1. The van der Waals surface area contributed by atoms with Crippen molar-refractivity contribution < 1.29 is 9.50 Å². The molecule has 72 valence electrons. The molecule has 0 heterocycles. The van der Waals surface area contributed by atoms with Gasteiger partial charge in [-0.1, -0.05) is 0 Å². The predicted octanol–water partition coefficient (Wildman–Crippen LogP) is 0.574. The van der Waals surface area contributed by atoms with Crippen LogP contribution in [-0.4, -0.2) is 11.7 Å². The molecule has 1 unspecified atom stereocenters. The molecule has 1 aromatic carbocycles. The maximum Gasteiger partial charge on any atom is 0.128 e. The summed E-state index contributed by atoms with van der Waals surface area (Å²) in [6.45, 7) is 1.22.